The van der Waals surface area contributed by atoms with Crippen LogP contribution in [-0.4, -0.2) is 29.9 Å². The van der Waals surface area contributed by atoms with Crippen LogP contribution in [0.5, 0.6) is 5.75 Å². The number of rotatable bonds is 4. The Balaban J connectivity index is 1.72. The standard InChI is InChI=1S/C23H21N3O3S/c1-14(2)26-18-11-10-15(25-21(27)16-7-4-5-9-19(16)29-3)13-20(18)30-22-17(23(26)28)8-6-12-24-22/h4-14H,1-3H3,(H,25,27). The van der Waals surface area contributed by atoms with E-state index >= 15 is 0 Å². The molecule has 6 nitrogen and oxygen atoms in total. The minimum Gasteiger partial charge on any atom is -0.496 e. The van der Waals surface area contributed by atoms with Crippen LogP contribution in [0.3, 0.4) is 0 Å². The number of anilines is 2. The van der Waals surface area contributed by atoms with Crippen molar-refractivity contribution in [1.82, 2.24) is 4.98 Å². The molecule has 0 bridgehead atoms. The number of carbonyl (C=O) groups excluding carboxylic acids is 2. The zero-order valence-corrected chi connectivity index (χ0v) is 17.7. The van der Waals surface area contributed by atoms with Gasteiger partial charge in [0.1, 0.15) is 10.8 Å². The van der Waals surface area contributed by atoms with Gasteiger partial charge in [0.15, 0.2) is 0 Å². The van der Waals surface area contributed by atoms with E-state index in [1.807, 2.05) is 32.0 Å². The third-order valence-electron chi connectivity index (χ3n) is 4.77. The third kappa shape index (κ3) is 3.64. The summed E-state index contributed by atoms with van der Waals surface area (Å²) in [5.74, 6) is 0.167. The van der Waals surface area contributed by atoms with Gasteiger partial charge in [-0.25, -0.2) is 4.98 Å². The molecule has 1 N–H and O–H groups in total. The molecular formula is C23H21N3O3S. The number of fused-ring (bicyclic) bond motifs is 2. The smallest absolute Gasteiger partial charge is 0.261 e. The van der Waals surface area contributed by atoms with Gasteiger partial charge in [-0.1, -0.05) is 23.9 Å². The van der Waals surface area contributed by atoms with E-state index in [1.165, 1.54) is 18.9 Å². The number of nitrogens with one attached hydrogen (secondary N) is 1. The Kier molecular flexibility index (Phi) is 5.46. The lowest BCUT2D eigenvalue weighted by molar-refractivity contribution is 0.0975. The number of hydrogen-bond donors (Lipinski definition) is 1. The van der Waals surface area contributed by atoms with E-state index in [-0.39, 0.29) is 17.9 Å². The van der Waals surface area contributed by atoms with Crippen LogP contribution in [0.2, 0.25) is 0 Å². The normalized spacial score (nSPS) is 12.8. The predicted molar refractivity (Wildman–Crippen MR) is 118 cm³/mol. The van der Waals surface area contributed by atoms with E-state index in [2.05, 4.69) is 10.3 Å². The number of benzene rings is 2. The fourth-order valence-electron chi connectivity index (χ4n) is 3.39. The zero-order valence-electron chi connectivity index (χ0n) is 16.9. The van der Waals surface area contributed by atoms with E-state index < -0.39 is 0 Å². The second kappa shape index (κ2) is 8.20. The number of nitrogens with zero attached hydrogens (tertiary/aromatic N) is 2. The molecule has 2 heterocycles. The molecule has 3 aromatic rings. The number of ether oxygens (including phenoxy) is 1. The maximum atomic E-state index is 13.1. The van der Waals surface area contributed by atoms with Crippen molar-refractivity contribution in [2.45, 2.75) is 29.8 Å². The van der Waals surface area contributed by atoms with Crippen LogP contribution in [0.1, 0.15) is 34.6 Å². The molecule has 1 aliphatic rings. The Morgan fingerprint density at radius 3 is 2.70 bits per heavy atom. The molecule has 1 aliphatic heterocycles. The number of aromatic nitrogens is 1. The largest absolute Gasteiger partial charge is 0.496 e. The van der Waals surface area contributed by atoms with Crippen LogP contribution < -0.4 is 15.0 Å². The van der Waals surface area contributed by atoms with Gasteiger partial charge in [0, 0.05) is 22.8 Å². The van der Waals surface area contributed by atoms with Gasteiger partial charge >= 0.3 is 0 Å². The predicted octanol–water partition coefficient (Wildman–Crippen LogP) is 4.86. The SMILES string of the molecule is COc1ccccc1C(=O)Nc1ccc2c(c1)Sc1ncccc1C(=O)N2C(C)C. The van der Waals surface area contributed by atoms with Crippen LogP contribution in [-0.2, 0) is 0 Å². The monoisotopic (exact) mass is 419 g/mol. The topological polar surface area (TPSA) is 71.5 Å². The molecule has 0 radical (unpaired) electrons. The van der Waals surface area contributed by atoms with Crippen molar-refractivity contribution in [3.8, 4) is 5.75 Å². The number of methoxy groups -OCH3 is 1. The average Bonchev–Trinajstić information content (AvgIpc) is 2.87. The van der Waals surface area contributed by atoms with Crippen molar-refractivity contribution in [3.63, 3.8) is 0 Å². The lowest BCUT2D eigenvalue weighted by Crippen LogP contribution is -2.37. The summed E-state index contributed by atoms with van der Waals surface area (Å²) >= 11 is 1.42. The molecule has 0 saturated carbocycles. The molecule has 7 heteroatoms. The van der Waals surface area contributed by atoms with Crippen molar-refractivity contribution >= 4 is 35.0 Å². The molecule has 2 aromatic carbocycles. The van der Waals surface area contributed by atoms with Crippen LogP contribution >= 0.6 is 11.8 Å². The highest BCUT2D eigenvalue weighted by molar-refractivity contribution is 7.99. The molecule has 4 rings (SSSR count). The number of carbonyl (C=O) groups is 2. The number of amides is 2. The number of pyridine rings is 1. The Morgan fingerprint density at radius 1 is 1.13 bits per heavy atom. The minimum atomic E-state index is -0.263. The van der Waals surface area contributed by atoms with Crippen molar-refractivity contribution in [2.75, 3.05) is 17.3 Å². The molecule has 152 valence electrons. The Bertz CT molecular complexity index is 1130. The van der Waals surface area contributed by atoms with Gasteiger partial charge in [-0.15, -0.1) is 0 Å². The first-order valence-corrected chi connectivity index (χ1v) is 10.4. The van der Waals surface area contributed by atoms with Crippen molar-refractivity contribution in [1.29, 1.82) is 0 Å². The molecular weight excluding hydrogens is 398 g/mol. The van der Waals surface area contributed by atoms with E-state index in [4.69, 9.17) is 4.74 Å². The first-order valence-electron chi connectivity index (χ1n) is 9.54. The molecule has 0 spiro atoms. The van der Waals surface area contributed by atoms with Gasteiger partial charge in [-0.2, -0.15) is 0 Å². The highest BCUT2D eigenvalue weighted by Gasteiger charge is 2.30. The summed E-state index contributed by atoms with van der Waals surface area (Å²) in [5.41, 5.74) is 2.46. The van der Waals surface area contributed by atoms with Gasteiger partial charge in [-0.05, 0) is 56.3 Å². The van der Waals surface area contributed by atoms with Gasteiger partial charge in [0.05, 0.1) is 23.9 Å². The minimum absolute atomic E-state index is 0.0305. The van der Waals surface area contributed by atoms with E-state index in [0.717, 1.165) is 10.6 Å². The van der Waals surface area contributed by atoms with Gasteiger partial charge in [-0.3, -0.25) is 9.59 Å². The van der Waals surface area contributed by atoms with E-state index in [0.29, 0.717) is 27.6 Å². The van der Waals surface area contributed by atoms with Crippen LogP contribution in [0.15, 0.2) is 70.7 Å². The first-order chi connectivity index (χ1) is 14.5. The Morgan fingerprint density at radius 2 is 1.93 bits per heavy atom. The summed E-state index contributed by atoms with van der Waals surface area (Å²) in [4.78, 5) is 32.9. The highest BCUT2D eigenvalue weighted by atomic mass is 32.2. The van der Waals surface area contributed by atoms with E-state index in [9.17, 15) is 9.59 Å². The van der Waals surface area contributed by atoms with Gasteiger partial charge in [0.2, 0.25) is 0 Å². The molecule has 0 saturated heterocycles. The maximum absolute atomic E-state index is 13.1. The summed E-state index contributed by atoms with van der Waals surface area (Å²) in [7, 11) is 1.53. The summed E-state index contributed by atoms with van der Waals surface area (Å²) in [6, 6.07) is 16.1. The number of hydrogen-bond acceptors (Lipinski definition) is 5. The van der Waals surface area contributed by atoms with E-state index in [1.54, 1.807) is 47.5 Å². The summed E-state index contributed by atoms with van der Waals surface area (Å²) in [5, 5.41) is 3.58. The fraction of sp³-hybridized carbons (Fsp3) is 0.174. The second-order valence-corrected chi connectivity index (χ2v) is 8.09. The van der Waals surface area contributed by atoms with Gasteiger partial charge < -0.3 is 15.0 Å². The van der Waals surface area contributed by atoms with Crippen molar-refractivity contribution < 1.29 is 14.3 Å². The molecule has 30 heavy (non-hydrogen) atoms. The molecule has 0 unspecified atom stereocenters. The summed E-state index contributed by atoms with van der Waals surface area (Å²) < 4.78 is 5.29. The molecule has 0 aliphatic carbocycles. The zero-order chi connectivity index (χ0) is 21.3. The Labute approximate surface area is 179 Å². The molecule has 1 aromatic heterocycles. The second-order valence-electron chi connectivity index (χ2n) is 7.06. The lowest BCUT2D eigenvalue weighted by Gasteiger charge is -2.27. The highest BCUT2D eigenvalue weighted by Crippen LogP contribution is 2.42. The summed E-state index contributed by atoms with van der Waals surface area (Å²) in [6.45, 7) is 3.95. The van der Waals surface area contributed by atoms with Crippen molar-refractivity contribution in [2.24, 2.45) is 0 Å². The Hall–Kier alpha value is -3.32. The van der Waals surface area contributed by atoms with Crippen molar-refractivity contribution in [3.05, 3.63) is 71.9 Å². The fourth-order valence-corrected chi connectivity index (χ4v) is 4.44. The third-order valence-corrected chi connectivity index (χ3v) is 5.84. The summed E-state index contributed by atoms with van der Waals surface area (Å²) in [6.07, 6.45) is 1.68. The maximum Gasteiger partial charge on any atom is 0.261 e. The lowest BCUT2D eigenvalue weighted by atomic mass is 10.1. The van der Waals surface area contributed by atoms with Crippen LogP contribution in [0.4, 0.5) is 11.4 Å². The first kappa shape index (κ1) is 20.0. The van der Waals surface area contributed by atoms with Gasteiger partial charge in [0.25, 0.3) is 11.8 Å². The number of para-hydroxylation sites is 1. The average molecular weight is 420 g/mol. The quantitative estimate of drug-likeness (QED) is 0.654. The van der Waals surface area contributed by atoms with Crippen LogP contribution in [0.25, 0.3) is 0 Å². The molecule has 0 atom stereocenters. The van der Waals surface area contributed by atoms with Crippen LogP contribution in [0, 0.1) is 0 Å². The molecule has 2 amide bonds. The molecule has 0 fully saturated rings.